The van der Waals surface area contributed by atoms with Crippen molar-refractivity contribution in [3.8, 4) is 0 Å². The number of fused-ring (bicyclic) bond motifs is 1. The second-order valence-electron chi connectivity index (χ2n) is 5.27. The molecule has 0 amide bonds. The van der Waals surface area contributed by atoms with Crippen molar-refractivity contribution in [2.24, 2.45) is 11.7 Å². The van der Waals surface area contributed by atoms with Gasteiger partial charge in [0.1, 0.15) is 6.26 Å². The van der Waals surface area contributed by atoms with Gasteiger partial charge in [-0.25, -0.2) is 0 Å². The summed E-state index contributed by atoms with van der Waals surface area (Å²) in [6.07, 6.45) is 9.77. The van der Waals surface area contributed by atoms with Gasteiger partial charge in [0.05, 0.1) is 5.69 Å². The minimum atomic E-state index is 0.464. The van der Waals surface area contributed by atoms with Crippen LogP contribution >= 0.6 is 0 Å². The first-order chi connectivity index (χ1) is 8.38. The molecule has 1 aromatic rings. The number of hydrogen-bond donors (Lipinski definition) is 1. The standard InChI is InChI=1S/C13H21N3O/c14-8-11-9-17-13(15-11)16-7-3-5-10-4-1-2-6-12(10)16/h9-10,12H,1-8,14H2. The van der Waals surface area contributed by atoms with Crippen molar-refractivity contribution < 1.29 is 4.42 Å². The van der Waals surface area contributed by atoms with E-state index in [1.165, 1.54) is 38.5 Å². The van der Waals surface area contributed by atoms with Crippen LogP contribution in [0.4, 0.5) is 6.01 Å². The maximum Gasteiger partial charge on any atom is 0.297 e. The fourth-order valence-electron chi connectivity index (χ4n) is 3.38. The van der Waals surface area contributed by atoms with E-state index in [0.29, 0.717) is 12.6 Å². The van der Waals surface area contributed by atoms with Crippen LogP contribution < -0.4 is 10.6 Å². The number of rotatable bonds is 2. The smallest absolute Gasteiger partial charge is 0.297 e. The predicted molar refractivity (Wildman–Crippen MR) is 66.7 cm³/mol. The van der Waals surface area contributed by atoms with Gasteiger partial charge < -0.3 is 15.1 Å². The third-order valence-corrected chi connectivity index (χ3v) is 4.24. The van der Waals surface area contributed by atoms with E-state index in [1.807, 2.05) is 0 Å². The van der Waals surface area contributed by atoms with E-state index in [1.54, 1.807) is 6.26 Å². The fourth-order valence-corrected chi connectivity index (χ4v) is 3.38. The molecule has 2 atom stereocenters. The average molecular weight is 235 g/mol. The first kappa shape index (κ1) is 11.1. The molecule has 1 aromatic heterocycles. The summed E-state index contributed by atoms with van der Waals surface area (Å²) < 4.78 is 5.58. The van der Waals surface area contributed by atoms with Crippen molar-refractivity contribution in [1.82, 2.24) is 4.98 Å². The normalized spacial score (nSPS) is 29.1. The van der Waals surface area contributed by atoms with Crippen LogP contribution in [0.1, 0.15) is 44.2 Å². The molecule has 4 nitrogen and oxygen atoms in total. The summed E-state index contributed by atoms with van der Waals surface area (Å²) in [4.78, 5) is 6.86. The van der Waals surface area contributed by atoms with E-state index >= 15 is 0 Å². The highest BCUT2D eigenvalue weighted by molar-refractivity contribution is 5.31. The molecule has 1 aliphatic heterocycles. The van der Waals surface area contributed by atoms with E-state index in [2.05, 4.69) is 9.88 Å². The van der Waals surface area contributed by atoms with E-state index in [4.69, 9.17) is 10.2 Å². The van der Waals surface area contributed by atoms with Gasteiger partial charge in [0.2, 0.25) is 0 Å². The first-order valence-electron chi connectivity index (χ1n) is 6.79. The van der Waals surface area contributed by atoms with Gasteiger partial charge in [0.15, 0.2) is 0 Å². The monoisotopic (exact) mass is 235 g/mol. The molecule has 0 spiro atoms. The lowest BCUT2D eigenvalue weighted by atomic mass is 9.78. The van der Waals surface area contributed by atoms with Crippen LogP contribution in [0.5, 0.6) is 0 Å². The van der Waals surface area contributed by atoms with E-state index in [-0.39, 0.29) is 0 Å². The summed E-state index contributed by atoms with van der Waals surface area (Å²) in [5, 5.41) is 0. The number of hydrogen-bond acceptors (Lipinski definition) is 4. The summed E-state index contributed by atoms with van der Waals surface area (Å²) in [5.41, 5.74) is 6.44. The molecule has 2 aliphatic rings. The third-order valence-electron chi connectivity index (χ3n) is 4.24. The molecule has 2 unspecified atom stereocenters. The molecule has 0 bridgehead atoms. The molecule has 94 valence electrons. The van der Waals surface area contributed by atoms with Gasteiger partial charge >= 0.3 is 0 Å². The van der Waals surface area contributed by atoms with Crippen molar-refractivity contribution in [2.75, 3.05) is 11.4 Å². The van der Waals surface area contributed by atoms with Gasteiger partial charge in [0.25, 0.3) is 6.01 Å². The van der Waals surface area contributed by atoms with E-state index in [9.17, 15) is 0 Å². The Balaban J connectivity index is 1.80. The van der Waals surface area contributed by atoms with Crippen LogP contribution in [0.15, 0.2) is 10.7 Å². The minimum Gasteiger partial charge on any atom is -0.432 e. The number of piperidine rings is 1. The molecule has 4 heteroatoms. The van der Waals surface area contributed by atoms with Crippen LogP contribution in [0, 0.1) is 5.92 Å². The Bertz CT molecular complexity index is 374. The van der Waals surface area contributed by atoms with Crippen molar-refractivity contribution in [1.29, 1.82) is 0 Å². The maximum absolute atomic E-state index is 5.58. The molecular weight excluding hydrogens is 214 g/mol. The van der Waals surface area contributed by atoms with Crippen LogP contribution in [-0.4, -0.2) is 17.6 Å². The molecule has 2 heterocycles. The van der Waals surface area contributed by atoms with E-state index < -0.39 is 0 Å². The number of nitrogens with zero attached hydrogens (tertiary/aromatic N) is 2. The first-order valence-corrected chi connectivity index (χ1v) is 6.79. The lowest BCUT2D eigenvalue weighted by Crippen LogP contribution is -2.47. The minimum absolute atomic E-state index is 0.464. The van der Waals surface area contributed by atoms with Gasteiger partial charge in [-0.05, 0) is 31.6 Å². The molecule has 2 N–H and O–H groups in total. The highest BCUT2D eigenvalue weighted by Crippen LogP contribution is 2.37. The van der Waals surface area contributed by atoms with Crippen molar-refractivity contribution in [3.05, 3.63) is 12.0 Å². The topological polar surface area (TPSA) is 55.3 Å². The number of aromatic nitrogens is 1. The Morgan fingerprint density at radius 1 is 1.29 bits per heavy atom. The zero-order valence-corrected chi connectivity index (χ0v) is 10.3. The highest BCUT2D eigenvalue weighted by atomic mass is 16.4. The second kappa shape index (κ2) is 4.69. The Morgan fingerprint density at radius 3 is 2.94 bits per heavy atom. The summed E-state index contributed by atoms with van der Waals surface area (Å²) >= 11 is 0. The van der Waals surface area contributed by atoms with E-state index in [0.717, 1.165) is 24.2 Å². The Hall–Kier alpha value is -1.03. The molecule has 3 rings (SSSR count). The summed E-state index contributed by atoms with van der Waals surface area (Å²) in [6, 6.07) is 1.45. The molecule has 1 saturated heterocycles. The molecule has 1 aliphatic carbocycles. The fraction of sp³-hybridized carbons (Fsp3) is 0.769. The molecule has 0 aromatic carbocycles. The quantitative estimate of drug-likeness (QED) is 0.854. The maximum atomic E-state index is 5.58. The van der Waals surface area contributed by atoms with Gasteiger partial charge in [-0.2, -0.15) is 4.98 Å². The van der Waals surface area contributed by atoms with Gasteiger partial charge in [-0.1, -0.05) is 12.8 Å². The SMILES string of the molecule is NCc1coc(N2CCCC3CCCCC32)n1. The van der Waals surface area contributed by atoms with Crippen molar-refractivity contribution in [3.63, 3.8) is 0 Å². The molecule has 17 heavy (non-hydrogen) atoms. The Kier molecular flexibility index (Phi) is 3.05. The van der Waals surface area contributed by atoms with Crippen LogP contribution in [0.25, 0.3) is 0 Å². The zero-order valence-electron chi connectivity index (χ0n) is 10.3. The molecule has 2 fully saturated rings. The van der Waals surface area contributed by atoms with Crippen molar-refractivity contribution in [2.45, 2.75) is 51.1 Å². The Morgan fingerprint density at radius 2 is 2.12 bits per heavy atom. The van der Waals surface area contributed by atoms with Crippen LogP contribution in [0.3, 0.4) is 0 Å². The predicted octanol–water partition coefficient (Wildman–Crippen LogP) is 2.29. The average Bonchev–Trinajstić information content (AvgIpc) is 2.87. The lowest BCUT2D eigenvalue weighted by Gasteiger charge is -2.43. The number of nitrogens with two attached hydrogens (primary N) is 1. The summed E-state index contributed by atoms with van der Waals surface area (Å²) in [6.45, 7) is 1.55. The number of oxazole rings is 1. The van der Waals surface area contributed by atoms with Gasteiger partial charge in [0, 0.05) is 19.1 Å². The summed E-state index contributed by atoms with van der Waals surface area (Å²) in [5.74, 6) is 0.853. The zero-order chi connectivity index (χ0) is 11.7. The largest absolute Gasteiger partial charge is 0.432 e. The second-order valence-corrected chi connectivity index (χ2v) is 5.27. The lowest BCUT2D eigenvalue weighted by molar-refractivity contribution is 0.235. The number of anilines is 1. The highest BCUT2D eigenvalue weighted by Gasteiger charge is 2.35. The Labute approximate surface area is 102 Å². The van der Waals surface area contributed by atoms with Gasteiger partial charge in [-0.3, -0.25) is 0 Å². The van der Waals surface area contributed by atoms with Gasteiger partial charge in [-0.15, -0.1) is 0 Å². The van der Waals surface area contributed by atoms with Crippen LogP contribution in [-0.2, 0) is 6.54 Å². The molecule has 0 radical (unpaired) electrons. The molecular formula is C13H21N3O. The van der Waals surface area contributed by atoms with Crippen molar-refractivity contribution >= 4 is 6.01 Å². The molecule has 1 saturated carbocycles. The van der Waals surface area contributed by atoms with Crippen LogP contribution in [0.2, 0.25) is 0 Å². The summed E-state index contributed by atoms with van der Waals surface area (Å²) in [7, 11) is 0. The third kappa shape index (κ3) is 2.06.